The summed E-state index contributed by atoms with van der Waals surface area (Å²) >= 11 is 0. The van der Waals surface area contributed by atoms with Crippen molar-refractivity contribution in [2.24, 2.45) is 0 Å². The highest BCUT2D eigenvalue weighted by Crippen LogP contribution is 2.24. The zero-order chi connectivity index (χ0) is 11.8. The summed E-state index contributed by atoms with van der Waals surface area (Å²) in [7, 11) is 0. The van der Waals surface area contributed by atoms with Crippen LogP contribution < -0.4 is 0 Å². The molecular weight excluding hydrogens is 200 g/mol. The third-order valence-corrected chi connectivity index (χ3v) is 2.08. The molecule has 1 rings (SSSR count). The van der Waals surface area contributed by atoms with Crippen LogP contribution in [0.15, 0.2) is 0 Å². The molecule has 0 aromatic carbocycles. The maximum atomic E-state index is 11.3. The first kappa shape index (κ1) is 11.9. The topological polar surface area (TPSA) is 70.1 Å². The maximum absolute atomic E-state index is 11.3. The van der Waals surface area contributed by atoms with E-state index in [4.69, 9.17) is 10.0 Å². The zero-order valence-corrected chi connectivity index (χ0v) is 9.30. The Balaban J connectivity index is 2.69. The van der Waals surface area contributed by atoms with Gasteiger partial charge in [-0.1, -0.05) is 0 Å². The van der Waals surface area contributed by atoms with E-state index in [1.165, 1.54) is 0 Å². The minimum absolute atomic E-state index is 0.440. The van der Waals surface area contributed by atoms with E-state index in [1.54, 1.807) is 27.7 Å². The van der Waals surface area contributed by atoms with Gasteiger partial charge in [-0.15, -0.1) is 0 Å². The van der Waals surface area contributed by atoms with Gasteiger partial charge in [0.2, 0.25) is 6.41 Å². The fourth-order valence-electron chi connectivity index (χ4n) is 1.38. The van der Waals surface area contributed by atoms with E-state index in [9.17, 15) is 9.59 Å². The average molecular weight is 216 g/mol. The first-order valence-corrected chi connectivity index (χ1v) is 4.72. The molecule has 1 fully saturated rings. The van der Waals surface area contributed by atoms with Crippen LogP contribution in [0.25, 0.3) is 0 Å². The molecule has 0 radical (unpaired) electrons. The number of rotatable bonds is 3. The molecule has 1 heterocycles. The number of carbonyl (C=O) groups excluding carboxylic acids is 2. The summed E-state index contributed by atoms with van der Waals surface area (Å²) in [5, 5.41) is 10.6. The SMILES string of the molecule is C[C@H]1[C@H](N(C=O)OC(C)(C)C)C(=O)N1O. The Labute approximate surface area is 88.3 Å². The molecule has 6 heteroatoms. The van der Waals surface area contributed by atoms with Crippen LogP contribution in [0.4, 0.5) is 0 Å². The van der Waals surface area contributed by atoms with Crippen molar-refractivity contribution in [3.63, 3.8) is 0 Å². The Bertz CT molecular complexity index is 274. The molecular formula is C9H16N2O4. The van der Waals surface area contributed by atoms with Gasteiger partial charge in [0, 0.05) is 0 Å². The van der Waals surface area contributed by atoms with Crippen molar-refractivity contribution in [3.05, 3.63) is 0 Å². The highest BCUT2D eigenvalue weighted by atomic mass is 16.7. The van der Waals surface area contributed by atoms with Crippen LogP contribution in [0.5, 0.6) is 0 Å². The summed E-state index contributed by atoms with van der Waals surface area (Å²) in [5.74, 6) is -0.529. The van der Waals surface area contributed by atoms with Crippen molar-refractivity contribution in [1.29, 1.82) is 0 Å². The summed E-state index contributed by atoms with van der Waals surface area (Å²) in [5.41, 5.74) is -0.559. The maximum Gasteiger partial charge on any atom is 0.273 e. The summed E-state index contributed by atoms with van der Waals surface area (Å²) in [6, 6.07) is -1.17. The second kappa shape index (κ2) is 3.79. The normalized spacial score (nSPS) is 26.2. The molecule has 0 bridgehead atoms. The molecule has 0 aromatic heterocycles. The molecule has 2 amide bonds. The molecule has 0 unspecified atom stereocenters. The minimum atomic E-state index is -0.730. The summed E-state index contributed by atoms with van der Waals surface area (Å²) in [6.45, 7) is 6.95. The van der Waals surface area contributed by atoms with Crippen LogP contribution in [0.1, 0.15) is 27.7 Å². The Kier molecular flexibility index (Phi) is 3.01. The van der Waals surface area contributed by atoms with Gasteiger partial charge in [0.15, 0.2) is 6.04 Å². The van der Waals surface area contributed by atoms with Gasteiger partial charge in [0.05, 0.1) is 11.6 Å². The van der Waals surface area contributed by atoms with Gasteiger partial charge in [-0.3, -0.25) is 19.6 Å². The van der Waals surface area contributed by atoms with E-state index in [0.717, 1.165) is 5.06 Å². The van der Waals surface area contributed by atoms with E-state index < -0.39 is 23.6 Å². The van der Waals surface area contributed by atoms with Gasteiger partial charge in [0.1, 0.15) is 0 Å². The van der Waals surface area contributed by atoms with Crippen molar-refractivity contribution in [2.75, 3.05) is 0 Å². The molecule has 2 atom stereocenters. The van der Waals surface area contributed by atoms with Crippen LogP contribution in [0.2, 0.25) is 0 Å². The molecule has 1 N–H and O–H groups in total. The van der Waals surface area contributed by atoms with Gasteiger partial charge in [0.25, 0.3) is 5.91 Å². The fourth-order valence-corrected chi connectivity index (χ4v) is 1.38. The van der Waals surface area contributed by atoms with E-state index in [1.807, 2.05) is 0 Å². The number of hydroxylamine groups is 4. The van der Waals surface area contributed by atoms with Crippen molar-refractivity contribution in [3.8, 4) is 0 Å². The molecule has 86 valence electrons. The summed E-state index contributed by atoms with van der Waals surface area (Å²) < 4.78 is 0. The molecule has 0 aliphatic carbocycles. The van der Waals surface area contributed by atoms with Crippen LogP contribution in [0, 0.1) is 0 Å². The van der Waals surface area contributed by atoms with E-state index in [-0.39, 0.29) is 0 Å². The van der Waals surface area contributed by atoms with Crippen molar-refractivity contribution >= 4 is 12.3 Å². The Morgan fingerprint density at radius 1 is 1.53 bits per heavy atom. The lowest BCUT2D eigenvalue weighted by atomic mass is 10.0. The molecule has 6 nitrogen and oxygen atoms in total. The zero-order valence-electron chi connectivity index (χ0n) is 9.30. The predicted octanol–water partition coefficient (Wildman–Crippen LogP) is 0.163. The van der Waals surface area contributed by atoms with Gasteiger partial charge in [-0.05, 0) is 27.7 Å². The first-order chi connectivity index (χ1) is 6.78. The second-order valence-corrected chi connectivity index (χ2v) is 4.54. The number of nitrogens with zero attached hydrogens (tertiary/aromatic N) is 2. The highest BCUT2D eigenvalue weighted by Gasteiger charge is 2.49. The molecule has 0 spiro atoms. The third-order valence-electron chi connectivity index (χ3n) is 2.08. The number of hydrogen-bond donors (Lipinski definition) is 1. The largest absolute Gasteiger partial charge is 0.285 e. The quantitative estimate of drug-likeness (QED) is 0.316. The van der Waals surface area contributed by atoms with Crippen molar-refractivity contribution in [1.82, 2.24) is 10.1 Å². The first-order valence-electron chi connectivity index (χ1n) is 4.72. The predicted molar refractivity (Wildman–Crippen MR) is 50.6 cm³/mol. The lowest BCUT2D eigenvalue weighted by Gasteiger charge is -2.45. The number of hydrogen-bond acceptors (Lipinski definition) is 4. The Morgan fingerprint density at radius 2 is 2.07 bits per heavy atom. The minimum Gasteiger partial charge on any atom is -0.285 e. The number of carbonyl (C=O) groups is 2. The highest BCUT2D eigenvalue weighted by molar-refractivity contribution is 5.89. The van der Waals surface area contributed by atoms with Gasteiger partial charge >= 0.3 is 0 Å². The van der Waals surface area contributed by atoms with Gasteiger partial charge in [-0.2, -0.15) is 0 Å². The lowest BCUT2D eigenvalue weighted by molar-refractivity contribution is -0.278. The number of β-lactam (4-membered cyclic amide) rings is 1. The molecule has 0 aromatic rings. The Morgan fingerprint density at radius 3 is 2.40 bits per heavy atom. The Hall–Kier alpha value is -1.14. The molecule has 1 saturated heterocycles. The average Bonchev–Trinajstić information content (AvgIpc) is 2.14. The van der Waals surface area contributed by atoms with Gasteiger partial charge < -0.3 is 0 Å². The summed E-state index contributed by atoms with van der Waals surface area (Å²) in [4.78, 5) is 27.3. The standard InChI is InChI=1S/C9H16N2O4/c1-6-7(8(13)11(6)14)10(5-12)15-9(2,3)4/h5-7,14H,1-4H3/t6-,7-/m0/s1. The van der Waals surface area contributed by atoms with Crippen LogP contribution in [-0.2, 0) is 14.4 Å². The number of amides is 2. The second-order valence-electron chi connectivity index (χ2n) is 4.54. The molecule has 0 saturated carbocycles. The molecule has 1 aliphatic rings. The van der Waals surface area contributed by atoms with Crippen molar-refractivity contribution in [2.45, 2.75) is 45.4 Å². The third kappa shape index (κ3) is 2.27. The van der Waals surface area contributed by atoms with Gasteiger partial charge in [-0.25, -0.2) is 10.1 Å². The summed E-state index contributed by atoms with van der Waals surface area (Å²) in [6.07, 6.45) is 0.456. The van der Waals surface area contributed by atoms with E-state index in [2.05, 4.69) is 0 Å². The molecule has 15 heavy (non-hydrogen) atoms. The monoisotopic (exact) mass is 216 g/mol. The van der Waals surface area contributed by atoms with Crippen LogP contribution in [0.3, 0.4) is 0 Å². The smallest absolute Gasteiger partial charge is 0.273 e. The van der Waals surface area contributed by atoms with E-state index >= 15 is 0 Å². The van der Waals surface area contributed by atoms with Crippen LogP contribution >= 0.6 is 0 Å². The lowest BCUT2D eigenvalue weighted by Crippen LogP contribution is -2.68. The van der Waals surface area contributed by atoms with E-state index in [0.29, 0.717) is 11.5 Å². The van der Waals surface area contributed by atoms with Crippen LogP contribution in [-0.4, -0.2) is 45.3 Å². The van der Waals surface area contributed by atoms with Crippen molar-refractivity contribution < 1.29 is 19.6 Å². The fraction of sp³-hybridized carbons (Fsp3) is 0.778. The molecule has 1 aliphatic heterocycles.